The Bertz CT molecular complexity index is 1060. The van der Waals surface area contributed by atoms with Gasteiger partial charge < -0.3 is 9.80 Å². The summed E-state index contributed by atoms with van der Waals surface area (Å²) in [5.74, 6) is 0.482. The van der Waals surface area contributed by atoms with Crippen molar-refractivity contribution >= 4 is 23.2 Å². The maximum absolute atomic E-state index is 13.4. The zero-order valence-electron chi connectivity index (χ0n) is 17.4. The molecule has 148 valence electrons. The van der Waals surface area contributed by atoms with E-state index in [1.165, 1.54) is 5.56 Å². The fraction of sp³-hybridized carbons (Fsp3) is 0.292. The first-order valence-electron chi connectivity index (χ1n) is 10.1. The van der Waals surface area contributed by atoms with Gasteiger partial charge in [0.1, 0.15) is 5.69 Å². The average molecular weight is 386 g/mol. The van der Waals surface area contributed by atoms with Crippen LogP contribution in [0.1, 0.15) is 41.2 Å². The average Bonchev–Trinajstić information content (AvgIpc) is 3.03. The minimum atomic E-state index is -0.106. The monoisotopic (exact) mass is 386 g/mol. The molecular formula is C24H26N4O. The lowest BCUT2D eigenvalue weighted by molar-refractivity contribution is 0.0983. The van der Waals surface area contributed by atoms with E-state index in [1.54, 1.807) is 11.0 Å². The third-order valence-corrected chi connectivity index (χ3v) is 5.36. The fourth-order valence-electron chi connectivity index (χ4n) is 4.02. The molecule has 0 fully saturated rings. The second kappa shape index (κ2) is 7.66. The van der Waals surface area contributed by atoms with Crippen molar-refractivity contribution < 1.29 is 4.79 Å². The van der Waals surface area contributed by atoms with E-state index in [0.717, 1.165) is 29.1 Å². The minimum Gasteiger partial charge on any atom is -0.307 e. The zero-order valence-corrected chi connectivity index (χ0v) is 17.4. The van der Waals surface area contributed by atoms with E-state index in [4.69, 9.17) is 4.98 Å². The van der Waals surface area contributed by atoms with Crippen molar-refractivity contribution in [3.8, 4) is 0 Å². The molecule has 0 bridgehead atoms. The van der Waals surface area contributed by atoms with Crippen LogP contribution in [-0.2, 0) is 6.42 Å². The molecule has 0 saturated heterocycles. The lowest BCUT2D eigenvalue weighted by Crippen LogP contribution is -2.33. The van der Waals surface area contributed by atoms with E-state index in [-0.39, 0.29) is 11.9 Å². The van der Waals surface area contributed by atoms with Gasteiger partial charge in [-0.15, -0.1) is 0 Å². The molecule has 1 atom stereocenters. The van der Waals surface area contributed by atoms with E-state index in [2.05, 4.69) is 35.0 Å². The van der Waals surface area contributed by atoms with Gasteiger partial charge in [-0.25, -0.2) is 9.97 Å². The lowest BCUT2D eigenvalue weighted by Gasteiger charge is -2.25. The number of carbonyl (C=O) groups is 1. The minimum absolute atomic E-state index is 0.106. The van der Waals surface area contributed by atoms with E-state index < -0.39 is 0 Å². The van der Waals surface area contributed by atoms with Crippen molar-refractivity contribution in [2.24, 2.45) is 0 Å². The van der Waals surface area contributed by atoms with Gasteiger partial charge in [0.05, 0.1) is 0 Å². The van der Waals surface area contributed by atoms with Crippen molar-refractivity contribution in [1.29, 1.82) is 0 Å². The van der Waals surface area contributed by atoms with Crippen LogP contribution >= 0.6 is 0 Å². The summed E-state index contributed by atoms with van der Waals surface area (Å²) in [6, 6.07) is 18.3. The first kappa shape index (κ1) is 19.1. The Morgan fingerprint density at radius 1 is 1.10 bits per heavy atom. The van der Waals surface area contributed by atoms with Gasteiger partial charge in [-0.1, -0.05) is 30.3 Å². The maximum atomic E-state index is 13.4. The van der Waals surface area contributed by atoms with Gasteiger partial charge in [-0.2, -0.15) is 0 Å². The number of rotatable bonds is 4. The Morgan fingerprint density at radius 2 is 1.90 bits per heavy atom. The summed E-state index contributed by atoms with van der Waals surface area (Å²) in [6.45, 7) is 8.66. The van der Waals surface area contributed by atoms with Crippen LogP contribution in [0.2, 0.25) is 0 Å². The van der Waals surface area contributed by atoms with Gasteiger partial charge in [0, 0.05) is 29.7 Å². The number of aryl methyl sites for hydroxylation is 2. The molecule has 29 heavy (non-hydrogen) atoms. The van der Waals surface area contributed by atoms with Crippen molar-refractivity contribution in [3.63, 3.8) is 0 Å². The topological polar surface area (TPSA) is 49.3 Å². The van der Waals surface area contributed by atoms with Gasteiger partial charge in [0.2, 0.25) is 5.95 Å². The van der Waals surface area contributed by atoms with Gasteiger partial charge in [0.25, 0.3) is 5.91 Å². The summed E-state index contributed by atoms with van der Waals surface area (Å²) >= 11 is 0. The largest absolute Gasteiger partial charge is 0.307 e. The number of nitrogens with zero attached hydrogens (tertiary/aromatic N) is 4. The number of hydrogen-bond acceptors (Lipinski definition) is 4. The molecule has 0 aliphatic carbocycles. The van der Waals surface area contributed by atoms with Gasteiger partial charge in [0.15, 0.2) is 0 Å². The molecule has 4 rings (SSSR count). The molecule has 1 aromatic heterocycles. The Morgan fingerprint density at radius 3 is 2.66 bits per heavy atom. The SMILES string of the molecule is CCN(C(=O)c1cc(C)nc(N2c3ccccc3CC2C)n1)c1cccc(C)c1. The van der Waals surface area contributed by atoms with Crippen molar-refractivity contribution in [2.75, 3.05) is 16.3 Å². The van der Waals surface area contributed by atoms with Gasteiger partial charge in [-0.3, -0.25) is 4.79 Å². The smallest absolute Gasteiger partial charge is 0.277 e. The Labute approximate surface area is 172 Å². The molecule has 0 spiro atoms. The van der Waals surface area contributed by atoms with Crippen LogP contribution in [0.15, 0.2) is 54.6 Å². The molecule has 5 heteroatoms. The van der Waals surface area contributed by atoms with Crippen molar-refractivity contribution in [2.45, 2.75) is 40.2 Å². The third kappa shape index (κ3) is 3.60. The number of fused-ring (bicyclic) bond motifs is 1. The van der Waals surface area contributed by atoms with E-state index in [0.29, 0.717) is 18.2 Å². The summed E-state index contributed by atoms with van der Waals surface area (Å²) in [5, 5.41) is 0. The Balaban J connectivity index is 1.73. The molecule has 0 saturated carbocycles. The number of para-hydroxylation sites is 1. The molecule has 5 nitrogen and oxygen atoms in total. The molecule has 0 radical (unpaired) electrons. The third-order valence-electron chi connectivity index (χ3n) is 5.36. The number of amides is 1. The summed E-state index contributed by atoms with van der Waals surface area (Å²) < 4.78 is 0. The number of benzene rings is 2. The number of aromatic nitrogens is 2. The van der Waals surface area contributed by atoms with Gasteiger partial charge in [-0.05, 0) is 69.5 Å². The summed E-state index contributed by atoms with van der Waals surface area (Å²) in [6.07, 6.45) is 0.946. The predicted octanol–water partition coefficient (Wildman–Crippen LogP) is 4.84. The number of carbonyl (C=O) groups excluding carboxylic acids is 1. The second-order valence-corrected chi connectivity index (χ2v) is 7.63. The summed E-state index contributed by atoms with van der Waals surface area (Å²) in [4.78, 5) is 26.6. The predicted molar refractivity (Wildman–Crippen MR) is 117 cm³/mol. The molecule has 2 heterocycles. The fourth-order valence-corrected chi connectivity index (χ4v) is 4.02. The highest BCUT2D eigenvalue weighted by molar-refractivity contribution is 6.05. The van der Waals surface area contributed by atoms with Crippen LogP contribution in [0.3, 0.4) is 0 Å². The van der Waals surface area contributed by atoms with Gasteiger partial charge >= 0.3 is 0 Å². The highest BCUT2D eigenvalue weighted by atomic mass is 16.2. The normalized spacial score (nSPS) is 15.3. The van der Waals surface area contributed by atoms with E-state index in [9.17, 15) is 4.79 Å². The molecule has 0 N–H and O–H groups in total. The quantitative estimate of drug-likeness (QED) is 0.644. The first-order chi connectivity index (χ1) is 14.0. The highest BCUT2D eigenvalue weighted by Gasteiger charge is 2.30. The van der Waals surface area contributed by atoms with E-state index in [1.807, 2.05) is 51.1 Å². The van der Waals surface area contributed by atoms with Crippen LogP contribution in [0.5, 0.6) is 0 Å². The summed E-state index contributed by atoms with van der Waals surface area (Å²) in [7, 11) is 0. The number of anilines is 3. The summed E-state index contributed by atoms with van der Waals surface area (Å²) in [5.41, 5.74) is 5.62. The van der Waals surface area contributed by atoms with Crippen LogP contribution in [0, 0.1) is 13.8 Å². The second-order valence-electron chi connectivity index (χ2n) is 7.63. The molecule has 1 unspecified atom stereocenters. The van der Waals surface area contributed by atoms with Crippen LogP contribution in [-0.4, -0.2) is 28.5 Å². The molecule has 2 aromatic carbocycles. The lowest BCUT2D eigenvalue weighted by atomic mass is 10.1. The first-order valence-corrected chi connectivity index (χ1v) is 10.1. The standard InChI is InChI=1S/C24H26N4O/c1-5-27(20-11-8-9-16(2)13-20)23(29)21-14-17(3)25-24(26-21)28-18(4)15-19-10-6-7-12-22(19)28/h6-14,18H,5,15H2,1-4H3. The molecule has 3 aromatic rings. The molecular weight excluding hydrogens is 360 g/mol. The molecule has 1 aliphatic heterocycles. The van der Waals surface area contributed by atoms with E-state index >= 15 is 0 Å². The maximum Gasteiger partial charge on any atom is 0.277 e. The molecule has 1 amide bonds. The van der Waals surface area contributed by atoms with Crippen LogP contribution in [0.4, 0.5) is 17.3 Å². The Kier molecular flexibility index (Phi) is 5.05. The van der Waals surface area contributed by atoms with Crippen molar-refractivity contribution in [1.82, 2.24) is 9.97 Å². The van der Waals surface area contributed by atoms with Crippen LogP contribution < -0.4 is 9.80 Å². The van der Waals surface area contributed by atoms with Crippen molar-refractivity contribution in [3.05, 3.63) is 77.1 Å². The number of hydrogen-bond donors (Lipinski definition) is 0. The molecule has 1 aliphatic rings. The zero-order chi connectivity index (χ0) is 20.5. The van der Waals surface area contributed by atoms with Crippen LogP contribution in [0.25, 0.3) is 0 Å². The Hall–Kier alpha value is -3.21. The highest BCUT2D eigenvalue weighted by Crippen LogP contribution is 2.36.